The third-order valence-electron chi connectivity index (χ3n) is 5.10. The molecule has 2 aromatic carbocycles. The molecule has 1 aliphatic heterocycles. The van der Waals surface area contributed by atoms with Crippen LogP contribution in [0.5, 0.6) is 0 Å². The first-order valence-electron chi connectivity index (χ1n) is 10.00. The Labute approximate surface area is 189 Å². The molecule has 0 unspecified atom stereocenters. The number of ether oxygens (including phenoxy) is 1. The Bertz CT molecular complexity index is 1070. The van der Waals surface area contributed by atoms with Crippen LogP contribution in [0.3, 0.4) is 0 Å². The number of nitrogens with zero attached hydrogens (tertiary/aromatic N) is 3. The van der Waals surface area contributed by atoms with Crippen LogP contribution in [0, 0.1) is 12.7 Å². The van der Waals surface area contributed by atoms with Crippen LogP contribution in [0.1, 0.15) is 18.4 Å². The lowest BCUT2D eigenvalue weighted by Crippen LogP contribution is -2.18. The fourth-order valence-corrected chi connectivity index (χ4v) is 4.35. The smallest absolute Gasteiger partial charge is 0.234 e. The molecular formula is C22H22ClFN4O2S. The van der Waals surface area contributed by atoms with Gasteiger partial charge in [-0.25, -0.2) is 4.39 Å². The molecule has 1 N–H and O–H groups in total. The van der Waals surface area contributed by atoms with E-state index in [4.69, 9.17) is 16.3 Å². The number of hydrogen-bond donors (Lipinski definition) is 1. The van der Waals surface area contributed by atoms with Gasteiger partial charge in [0, 0.05) is 22.9 Å². The second kappa shape index (κ2) is 9.80. The zero-order valence-corrected chi connectivity index (χ0v) is 18.5. The van der Waals surface area contributed by atoms with E-state index in [1.807, 2.05) is 17.6 Å². The lowest BCUT2D eigenvalue weighted by atomic mass is 10.2. The Balaban J connectivity index is 1.51. The molecule has 1 fully saturated rings. The van der Waals surface area contributed by atoms with Crippen molar-refractivity contribution in [3.05, 3.63) is 58.9 Å². The number of aromatic nitrogens is 3. The van der Waals surface area contributed by atoms with Crippen LogP contribution >= 0.6 is 23.4 Å². The van der Waals surface area contributed by atoms with Crippen LogP contribution in [0.15, 0.2) is 47.6 Å². The number of nitrogens with one attached hydrogen (secondary N) is 1. The number of benzene rings is 2. The summed E-state index contributed by atoms with van der Waals surface area (Å²) in [6, 6.07) is 11.5. The summed E-state index contributed by atoms with van der Waals surface area (Å²) in [4.78, 5) is 12.5. The highest BCUT2D eigenvalue weighted by atomic mass is 35.5. The van der Waals surface area contributed by atoms with Crippen molar-refractivity contribution in [3.8, 4) is 11.4 Å². The highest BCUT2D eigenvalue weighted by molar-refractivity contribution is 7.99. The van der Waals surface area contributed by atoms with E-state index in [1.165, 1.54) is 23.9 Å². The lowest BCUT2D eigenvalue weighted by molar-refractivity contribution is -0.113. The molecule has 0 bridgehead atoms. The molecule has 1 aromatic heterocycles. The van der Waals surface area contributed by atoms with Crippen LogP contribution in [0.2, 0.25) is 5.02 Å². The molecule has 0 saturated carbocycles. The van der Waals surface area contributed by atoms with Crippen molar-refractivity contribution in [2.24, 2.45) is 0 Å². The maximum Gasteiger partial charge on any atom is 0.234 e. The Morgan fingerprint density at radius 3 is 2.84 bits per heavy atom. The lowest BCUT2D eigenvalue weighted by Gasteiger charge is -2.15. The van der Waals surface area contributed by atoms with E-state index in [-0.39, 0.29) is 23.6 Å². The summed E-state index contributed by atoms with van der Waals surface area (Å²) >= 11 is 7.43. The summed E-state index contributed by atoms with van der Waals surface area (Å²) in [7, 11) is 0. The molecular weight excluding hydrogens is 439 g/mol. The first kappa shape index (κ1) is 21.8. The van der Waals surface area contributed by atoms with Crippen LogP contribution in [0.4, 0.5) is 10.1 Å². The molecule has 2 heterocycles. The number of thioether (sulfide) groups is 1. The molecule has 1 amide bonds. The number of anilines is 1. The second-order valence-electron chi connectivity index (χ2n) is 7.31. The fourth-order valence-electron chi connectivity index (χ4n) is 3.42. The Kier molecular flexibility index (Phi) is 6.89. The molecule has 1 aliphatic rings. The minimum atomic E-state index is -0.309. The Morgan fingerprint density at radius 2 is 2.10 bits per heavy atom. The zero-order valence-electron chi connectivity index (χ0n) is 17.0. The van der Waals surface area contributed by atoms with Gasteiger partial charge in [0.2, 0.25) is 5.91 Å². The first-order chi connectivity index (χ1) is 15.0. The highest BCUT2D eigenvalue weighted by Crippen LogP contribution is 2.27. The van der Waals surface area contributed by atoms with E-state index in [2.05, 4.69) is 15.5 Å². The van der Waals surface area contributed by atoms with Crippen LogP contribution < -0.4 is 5.32 Å². The first-order valence-corrected chi connectivity index (χ1v) is 11.4. The molecule has 9 heteroatoms. The van der Waals surface area contributed by atoms with Crippen LogP contribution in [0.25, 0.3) is 11.4 Å². The van der Waals surface area contributed by atoms with Crippen molar-refractivity contribution < 1.29 is 13.9 Å². The van der Waals surface area contributed by atoms with Crippen molar-refractivity contribution in [1.29, 1.82) is 0 Å². The third-order valence-corrected chi connectivity index (χ3v) is 6.48. The van der Waals surface area contributed by atoms with Crippen molar-refractivity contribution in [2.75, 3.05) is 17.7 Å². The summed E-state index contributed by atoms with van der Waals surface area (Å²) in [5, 5.41) is 12.7. The van der Waals surface area contributed by atoms with Gasteiger partial charge >= 0.3 is 0 Å². The Morgan fingerprint density at radius 1 is 1.29 bits per heavy atom. The number of carbonyl (C=O) groups excluding carboxylic acids is 1. The van der Waals surface area contributed by atoms with Gasteiger partial charge < -0.3 is 10.1 Å². The Hall–Kier alpha value is -2.42. The molecule has 1 atom stereocenters. The maximum atomic E-state index is 13.4. The second-order valence-corrected chi connectivity index (χ2v) is 8.66. The van der Waals surface area contributed by atoms with Gasteiger partial charge in [-0.2, -0.15) is 0 Å². The summed E-state index contributed by atoms with van der Waals surface area (Å²) in [5.41, 5.74) is 2.27. The van der Waals surface area contributed by atoms with Crippen molar-refractivity contribution >= 4 is 35.0 Å². The van der Waals surface area contributed by atoms with Gasteiger partial charge in [-0.3, -0.25) is 9.36 Å². The summed E-state index contributed by atoms with van der Waals surface area (Å²) in [5.74, 6) is 0.324. The number of carbonyl (C=O) groups is 1. The molecule has 0 aliphatic carbocycles. The molecule has 31 heavy (non-hydrogen) atoms. The van der Waals surface area contributed by atoms with Crippen molar-refractivity contribution in [1.82, 2.24) is 14.8 Å². The van der Waals surface area contributed by atoms with Gasteiger partial charge in [0.05, 0.1) is 18.4 Å². The molecule has 1 saturated heterocycles. The van der Waals surface area contributed by atoms with E-state index >= 15 is 0 Å². The molecule has 6 nitrogen and oxygen atoms in total. The summed E-state index contributed by atoms with van der Waals surface area (Å²) < 4.78 is 21.1. The predicted octanol–water partition coefficient (Wildman–Crippen LogP) is 4.96. The molecule has 3 aromatic rings. The number of halogens is 2. The van der Waals surface area contributed by atoms with Gasteiger partial charge in [0.15, 0.2) is 11.0 Å². The van der Waals surface area contributed by atoms with E-state index in [0.717, 1.165) is 30.6 Å². The SMILES string of the molecule is Cc1c(Cl)cccc1NC(=O)CSc1nnc(-c2ccc(F)cc2)n1C[C@H]1CCCO1. The van der Waals surface area contributed by atoms with Gasteiger partial charge in [-0.15, -0.1) is 10.2 Å². The summed E-state index contributed by atoms with van der Waals surface area (Å²) in [6.45, 7) is 3.18. The van der Waals surface area contributed by atoms with Gasteiger partial charge in [0.1, 0.15) is 5.82 Å². The van der Waals surface area contributed by atoms with Crippen LogP contribution in [-0.4, -0.2) is 39.1 Å². The van der Waals surface area contributed by atoms with E-state index in [0.29, 0.717) is 28.2 Å². The zero-order chi connectivity index (χ0) is 21.8. The molecule has 0 radical (unpaired) electrons. The number of amides is 1. The molecule has 0 spiro atoms. The third kappa shape index (κ3) is 5.26. The molecule has 4 rings (SSSR count). The van der Waals surface area contributed by atoms with Gasteiger partial charge in [0.25, 0.3) is 0 Å². The van der Waals surface area contributed by atoms with Crippen molar-refractivity contribution in [2.45, 2.75) is 37.6 Å². The number of hydrogen-bond acceptors (Lipinski definition) is 5. The topological polar surface area (TPSA) is 69.0 Å². The monoisotopic (exact) mass is 460 g/mol. The minimum Gasteiger partial charge on any atom is -0.376 e. The van der Waals surface area contributed by atoms with Crippen LogP contribution in [-0.2, 0) is 16.1 Å². The minimum absolute atomic E-state index is 0.0671. The van der Waals surface area contributed by atoms with E-state index < -0.39 is 0 Å². The average molecular weight is 461 g/mol. The largest absolute Gasteiger partial charge is 0.376 e. The fraction of sp³-hybridized carbons (Fsp3) is 0.318. The standard InChI is InChI=1S/C22H22ClFN4O2S/c1-14-18(23)5-2-6-19(14)25-20(29)13-31-22-27-26-21(15-7-9-16(24)10-8-15)28(22)12-17-4-3-11-30-17/h2,5-10,17H,3-4,11-13H2,1H3,(H,25,29)/t17-/m1/s1. The van der Waals surface area contributed by atoms with Gasteiger partial charge in [-0.05, 0) is 61.7 Å². The quantitative estimate of drug-likeness (QED) is 0.505. The maximum absolute atomic E-state index is 13.4. The van der Waals surface area contributed by atoms with E-state index in [1.54, 1.807) is 24.3 Å². The van der Waals surface area contributed by atoms with Crippen molar-refractivity contribution in [3.63, 3.8) is 0 Å². The molecule has 162 valence electrons. The van der Waals surface area contributed by atoms with Gasteiger partial charge in [-0.1, -0.05) is 29.4 Å². The highest BCUT2D eigenvalue weighted by Gasteiger charge is 2.22. The summed E-state index contributed by atoms with van der Waals surface area (Å²) in [6.07, 6.45) is 2.04. The van der Waals surface area contributed by atoms with E-state index in [9.17, 15) is 9.18 Å². The predicted molar refractivity (Wildman–Crippen MR) is 120 cm³/mol. The average Bonchev–Trinajstić information content (AvgIpc) is 3.41. The normalized spacial score (nSPS) is 15.9. The number of rotatable bonds is 7.